The summed E-state index contributed by atoms with van der Waals surface area (Å²) in [5.74, 6) is 1.39. The Balaban J connectivity index is 1.27. The first-order valence-corrected chi connectivity index (χ1v) is 16.8. The van der Waals surface area contributed by atoms with Crippen molar-refractivity contribution in [2.24, 2.45) is 4.99 Å². The molecule has 0 radical (unpaired) electrons. The van der Waals surface area contributed by atoms with Gasteiger partial charge in [0, 0.05) is 17.4 Å². The maximum atomic E-state index is 13.0. The van der Waals surface area contributed by atoms with Gasteiger partial charge in [-0.15, -0.1) is 0 Å². The molecule has 0 amide bonds. The van der Waals surface area contributed by atoms with E-state index in [9.17, 15) is 8.42 Å². The molecule has 2 aliphatic heterocycles. The average molecular weight is 634 g/mol. The first-order chi connectivity index (χ1) is 17.8. The van der Waals surface area contributed by atoms with Crippen molar-refractivity contribution in [1.82, 2.24) is 9.62 Å². The normalized spacial score (nSPS) is 19.7. The topological polar surface area (TPSA) is 85.8 Å². The summed E-state index contributed by atoms with van der Waals surface area (Å²) < 4.78 is 32.0. The number of aryl methyl sites for hydroxylation is 1. The van der Waals surface area contributed by atoms with Crippen LogP contribution < -0.4 is 15.4 Å². The summed E-state index contributed by atoms with van der Waals surface area (Å²) in [6, 6.07) is 14.3. The number of amidine groups is 1. The highest BCUT2D eigenvalue weighted by Gasteiger charge is 2.26. The van der Waals surface area contributed by atoms with Gasteiger partial charge in [-0.25, -0.2) is 18.1 Å². The van der Waals surface area contributed by atoms with Crippen molar-refractivity contribution in [2.45, 2.75) is 62.8 Å². The number of likely N-dealkylation sites (tertiary alicyclic amines) is 1. The van der Waals surface area contributed by atoms with Gasteiger partial charge < -0.3 is 15.5 Å². The van der Waals surface area contributed by atoms with Gasteiger partial charge in [-0.1, -0.05) is 24.6 Å². The molecule has 198 valence electrons. The van der Waals surface area contributed by atoms with E-state index in [1.165, 1.54) is 18.4 Å². The summed E-state index contributed by atoms with van der Waals surface area (Å²) in [5, 5.41) is 6.88. The number of piperidine rings is 1. The van der Waals surface area contributed by atoms with Gasteiger partial charge in [0.15, 0.2) is 3.84 Å². The molecular formula is C28H36IN5O2S. The smallest absolute Gasteiger partial charge is 0.241 e. The molecule has 3 aliphatic rings. The maximum Gasteiger partial charge on any atom is 0.241 e. The highest BCUT2D eigenvalue weighted by molar-refractivity contribution is 14.2. The van der Waals surface area contributed by atoms with Gasteiger partial charge >= 0.3 is 0 Å². The van der Waals surface area contributed by atoms with E-state index in [0.717, 1.165) is 58.8 Å². The van der Waals surface area contributed by atoms with Crippen LogP contribution in [0.5, 0.6) is 0 Å². The van der Waals surface area contributed by atoms with E-state index in [1.54, 1.807) is 6.07 Å². The summed E-state index contributed by atoms with van der Waals surface area (Å²) in [4.78, 5) is 7.60. The monoisotopic (exact) mass is 633 g/mol. The molecule has 0 spiro atoms. The Labute approximate surface area is 230 Å². The lowest BCUT2D eigenvalue weighted by Crippen LogP contribution is -2.39. The maximum absolute atomic E-state index is 13.0. The summed E-state index contributed by atoms with van der Waals surface area (Å²) in [7, 11) is -1.36. The zero-order valence-electron chi connectivity index (χ0n) is 21.7. The van der Waals surface area contributed by atoms with Crippen LogP contribution in [0.25, 0.3) is 0 Å². The molecule has 7 nitrogen and oxygen atoms in total. The third kappa shape index (κ3) is 6.50. The first kappa shape index (κ1) is 26.5. The van der Waals surface area contributed by atoms with Crippen molar-refractivity contribution >= 4 is 50.0 Å². The van der Waals surface area contributed by atoms with Gasteiger partial charge in [-0.2, -0.15) is 0 Å². The number of rotatable bonds is 7. The largest absolute Gasteiger partial charge is 0.340 e. The number of allylic oxidation sites excluding steroid dienone is 1. The van der Waals surface area contributed by atoms with E-state index in [-0.39, 0.29) is 26.8 Å². The number of halogens is 1. The van der Waals surface area contributed by atoms with E-state index in [2.05, 4.69) is 55.6 Å². The zero-order chi connectivity index (χ0) is 26.0. The lowest BCUT2D eigenvalue weighted by Gasteiger charge is -2.29. The van der Waals surface area contributed by atoms with Crippen LogP contribution in [-0.2, 0) is 10.0 Å². The zero-order valence-corrected chi connectivity index (χ0v) is 24.7. The molecule has 0 aromatic heterocycles. The molecule has 1 saturated carbocycles. The Morgan fingerprint density at radius 1 is 0.946 bits per heavy atom. The molecule has 2 aromatic rings. The number of hydrogen-bond acceptors (Lipinski definition) is 6. The minimum Gasteiger partial charge on any atom is -0.340 e. The first-order valence-electron chi connectivity index (χ1n) is 13.0. The second kappa shape index (κ2) is 11.3. The highest BCUT2D eigenvalue weighted by atomic mass is 127. The molecule has 1 aliphatic carbocycles. The Kier molecular flexibility index (Phi) is 8.13. The third-order valence-electron chi connectivity index (χ3n) is 7.42. The van der Waals surface area contributed by atoms with Crippen molar-refractivity contribution in [3.63, 3.8) is 0 Å². The lowest BCUT2D eigenvalue weighted by atomic mass is 9.89. The van der Waals surface area contributed by atoms with Crippen molar-refractivity contribution in [1.29, 1.82) is 0 Å². The summed E-state index contributed by atoms with van der Waals surface area (Å²) in [6.45, 7) is 6.20. The van der Waals surface area contributed by atoms with E-state index in [0.29, 0.717) is 16.5 Å². The molecule has 37 heavy (non-hydrogen) atoms. The second-order valence-corrected chi connectivity index (χ2v) is 14.3. The number of nitrogens with one attached hydrogen (secondary N) is 3. The van der Waals surface area contributed by atoms with E-state index in [4.69, 9.17) is 4.99 Å². The molecule has 1 saturated heterocycles. The SMILES string of the molecule is CC1=C(Nc2ccc(C)c(S(=O)(=O)NC3CCC3)c2)N=C(Nc2ccc(C3CCN(C)CC3)cc2)I=C1. The molecule has 5 rings (SSSR count). The quantitative estimate of drug-likeness (QED) is 0.276. The minimum absolute atomic E-state index is 0.0551. The van der Waals surface area contributed by atoms with Crippen molar-refractivity contribution < 1.29 is 8.42 Å². The molecule has 0 atom stereocenters. The van der Waals surface area contributed by atoms with E-state index < -0.39 is 10.0 Å². The molecule has 2 fully saturated rings. The standard InChI is InChI=1S/C28H36IN5O2S/c1-19-7-10-25(17-26(19)37(35,36)33-24-5-4-6-24)30-27-20(2)18-29-28(32-27)31-23-11-8-21(9-12-23)22-13-15-34(3)16-14-22/h7-12,17-18,22,24,33H,4-6,13-16H2,1-3H3,(H2,30,31,32). The fourth-order valence-corrected chi connectivity index (χ4v) is 8.27. The van der Waals surface area contributed by atoms with Crippen molar-refractivity contribution in [3.8, 4) is 0 Å². The number of nitrogens with zero attached hydrogens (tertiary/aromatic N) is 2. The average Bonchev–Trinajstić information content (AvgIpc) is 2.86. The number of hydrogen-bond donors (Lipinski definition) is 3. The van der Waals surface area contributed by atoms with Gasteiger partial charge in [0.1, 0.15) is 5.82 Å². The van der Waals surface area contributed by atoms with Crippen molar-refractivity contribution in [2.75, 3.05) is 30.8 Å². The van der Waals surface area contributed by atoms with Gasteiger partial charge in [-0.3, -0.25) is 0 Å². The van der Waals surface area contributed by atoms with Crippen LogP contribution in [0.15, 0.2) is 63.7 Å². The third-order valence-corrected chi connectivity index (χ3v) is 11.4. The Morgan fingerprint density at radius 2 is 1.65 bits per heavy atom. The van der Waals surface area contributed by atoms with Gasteiger partial charge in [-0.05, 0) is 131 Å². The molecule has 2 heterocycles. The minimum atomic E-state index is -3.55. The molecule has 3 N–H and O–H groups in total. The molecular weight excluding hydrogens is 597 g/mol. The number of aliphatic imine (C=N–C) groups is 1. The van der Waals surface area contributed by atoms with Crippen LogP contribution in [0.1, 0.15) is 56.1 Å². The van der Waals surface area contributed by atoms with Crippen LogP contribution in [-0.4, -0.2) is 47.4 Å². The molecule has 9 heteroatoms. The van der Waals surface area contributed by atoms with E-state index >= 15 is 0 Å². The van der Waals surface area contributed by atoms with Gasteiger partial charge in [0.2, 0.25) is 10.0 Å². The van der Waals surface area contributed by atoms with Gasteiger partial charge in [0.25, 0.3) is 0 Å². The van der Waals surface area contributed by atoms with Crippen LogP contribution in [0.3, 0.4) is 0 Å². The highest BCUT2D eigenvalue weighted by Crippen LogP contribution is 2.30. The Hall–Kier alpha value is -2.08. The predicted molar refractivity (Wildman–Crippen MR) is 163 cm³/mol. The summed E-state index contributed by atoms with van der Waals surface area (Å²) in [6.07, 6.45) is 5.33. The number of benzene rings is 2. The van der Waals surface area contributed by atoms with Crippen LogP contribution in [0.4, 0.5) is 11.4 Å². The summed E-state index contributed by atoms with van der Waals surface area (Å²) in [5.41, 5.74) is 4.99. The molecule has 2 aromatic carbocycles. The van der Waals surface area contributed by atoms with Crippen LogP contribution >= 0.6 is 20.7 Å². The predicted octanol–water partition coefficient (Wildman–Crippen LogP) is 5.53. The molecule has 0 bridgehead atoms. The van der Waals surface area contributed by atoms with Gasteiger partial charge in [0.05, 0.1) is 4.90 Å². The van der Waals surface area contributed by atoms with Crippen LogP contribution in [0.2, 0.25) is 0 Å². The number of sulfonamides is 1. The Bertz CT molecular complexity index is 1340. The van der Waals surface area contributed by atoms with E-state index in [1.807, 2.05) is 26.0 Å². The Morgan fingerprint density at radius 3 is 2.32 bits per heavy atom. The summed E-state index contributed by atoms with van der Waals surface area (Å²) >= 11 is -0.379. The van der Waals surface area contributed by atoms with Crippen LogP contribution in [0, 0.1) is 6.92 Å². The lowest BCUT2D eigenvalue weighted by molar-refractivity contribution is 0.255. The fourth-order valence-electron chi connectivity index (χ4n) is 4.79. The fraction of sp³-hybridized carbons (Fsp3) is 0.429. The molecule has 0 unspecified atom stereocenters. The van der Waals surface area contributed by atoms with Crippen molar-refractivity contribution in [3.05, 3.63) is 65.0 Å². The number of anilines is 2. The second-order valence-electron chi connectivity index (χ2n) is 10.3.